The fraction of sp³-hybridized carbons (Fsp3) is 0.583. The highest BCUT2D eigenvalue weighted by atomic mass is 16.2. The molecule has 0 unspecified atom stereocenters. The van der Waals surface area contributed by atoms with E-state index >= 15 is 0 Å². The first-order valence-electron chi connectivity index (χ1n) is 10.3. The van der Waals surface area contributed by atoms with Crippen LogP contribution in [0.2, 0.25) is 0 Å². The van der Waals surface area contributed by atoms with Crippen LogP contribution >= 0.6 is 0 Å². The summed E-state index contributed by atoms with van der Waals surface area (Å²) in [5, 5.41) is 7.20. The highest BCUT2D eigenvalue weighted by Crippen LogP contribution is 2.31. The van der Waals surface area contributed by atoms with Gasteiger partial charge in [-0.25, -0.2) is 0 Å². The molecule has 0 aliphatic rings. The minimum Gasteiger partial charge on any atom is -0.351 e. The van der Waals surface area contributed by atoms with Gasteiger partial charge in [-0.1, -0.05) is 6.07 Å². The van der Waals surface area contributed by atoms with Crippen molar-refractivity contribution in [3.63, 3.8) is 0 Å². The molecule has 0 aliphatic carbocycles. The van der Waals surface area contributed by atoms with Crippen molar-refractivity contribution in [3.8, 4) is 0 Å². The topological polar surface area (TPSA) is 63.1 Å². The predicted octanol–water partition coefficient (Wildman–Crippen LogP) is 4.37. The number of amides is 2. The van der Waals surface area contributed by atoms with Gasteiger partial charge in [-0.3, -0.25) is 9.59 Å². The number of carbonyl (C=O) groups excluding carboxylic acids is 2. The molecule has 2 rings (SSSR count). The van der Waals surface area contributed by atoms with E-state index in [1.807, 2.05) is 74.4 Å². The SMILES string of the molecule is Cc1c(C)n(CC(=O)NC(C)(C)C)c2ccc(C(C)(C)C(=O)NC(C)(C)C)cc12. The molecule has 0 bridgehead atoms. The molecule has 29 heavy (non-hydrogen) atoms. The maximum absolute atomic E-state index is 12.9. The van der Waals surface area contributed by atoms with Crippen LogP contribution in [0.5, 0.6) is 0 Å². The van der Waals surface area contributed by atoms with Crippen molar-refractivity contribution in [2.75, 3.05) is 0 Å². The van der Waals surface area contributed by atoms with Crippen molar-refractivity contribution in [3.05, 3.63) is 35.0 Å². The number of nitrogens with zero attached hydrogens (tertiary/aromatic N) is 1. The smallest absolute Gasteiger partial charge is 0.240 e. The van der Waals surface area contributed by atoms with Crippen molar-refractivity contribution in [1.29, 1.82) is 0 Å². The Morgan fingerprint density at radius 1 is 0.897 bits per heavy atom. The highest BCUT2D eigenvalue weighted by Gasteiger charge is 2.32. The molecule has 0 atom stereocenters. The molecule has 1 heterocycles. The first-order chi connectivity index (χ1) is 13.0. The number of aryl methyl sites for hydroxylation is 1. The molecular formula is C24H37N3O2. The zero-order valence-electron chi connectivity index (χ0n) is 19.7. The number of benzene rings is 1. The van der Waals surface area contributed by atoms with Gasteiger partial charge in [0.1, 0.15) is 6.54 Å². The van der Waals surface area contributed by atoms with Crippen LogP contribution in [-0.4, -0.2) is 27.5 Å². The van der Waals surface area contributed by atoms with Gasteiger partial charge in [-0.2, -0.15) is 0 Å². The summed E-state index contributed by atoms with van der Waals surface area (Å²) < 4.78 is 2.05. The first kappa shape index (κ1) is 23.0. The Kier molecular flexibility index (Phi) is 5.95. The normalized spacial score (nSPS) is 12.9. The summed E-state index contributed by atoms with van der Waals surface area (Å²) in [6, 6.07) is 6.13. The number of aromatic nitrogens is 1. The number of fused-ring (bicyclic) bond motifs is 1. The Morgan fingerprint density at radius 2 is 1.45 bits per heavy atom. The quantitative estimate of drug-likeness (QED) is 0.802. The number of carbonyl (C=O) groups is 2. The number of hydrogen-bond acceptors (Lipinski definition) is 2. The first-order valence-corrected chi connectivity index (χ1v) is 10.3. The average molecular weight is 400 g/mol. The number of rotatable bonds is 4. The number of hydrogen-bond donors (Lipinski definition) is 2. The monoisotopic (exact) mass is 399 g/mol. The maximum atomic E-state index is 12.9. The van der Waals surface area contributed by atoms with Crippen LogP contribution in [0.1, 0.15) is 72.2 Å². The van der Waals surface area contributed by atoms with E-state index in [-0.39, 0.29) is 29.4 Å². The second-order valence-corrected chi connectivity index (χ2v) is 10.7. The standard InChI is InChI=1S/C24H37N3O2/c1-15-16(2)27(14-20(28)25-22(3,4)5)19-12-11-17(13-18(15)19)24(9,10)21(29)26-23(6,7)8/h11-13H,14H2,1-10H3,(H,25,28)(H,26,29). The summed E-state index contributed by atoms with van der Waals surface area (Å²) in [6.07, 6.45) is 0. The average Bonchev–Trinajstić information content (AvgIpc) is 2.76. The predicted molar refractivity (Wildman–Crippen MR) is 120 cm³/mol. The zero-order valence-corrected chi connectivity index (χ0v) is 19.7. The lowest BCUT2D eigenvalue weighted by atomic mass is 9.82. The summed E-state index contributed by atoms with van der Waals surface area (Å²) in [7, 11) is 0. The van der Waals surface area contributed by atoms with Gasteiger partial charge in [-0.05, 0) is 92.5 Å². The Morgan fingerprint density at radius 3 is 1.97 bits per heavy atom. The summed E-state index contributed by atoms with van der Waals surface area (Å²) in [4.78, 5) is 25.4. The van der Waals surface area contributed by atoms with E-state index in [1.54, 1.807) is 0 Å². The van der Waals surface area contributed by atoms with Crippen LogP contribution in [0.15, 0.2) is 18.2 Å². The summed E-state index contributed by atoms with van der Waals surface area (Å²) in [5.41, 5.74) is 2.98. The van der Waals surface area contributed by atoms with Gasteiger partial charge in [0.15, 0.2) is 0 Å². The molecule has 2 amide bonds. The van der Waals surface area contributed by atoms with Crippen LogP contribution in [0.3, 0.4) is 0 Å². The molecule has 0 radical (unpaired) electrons. The van der Waals surface area contributed by atoms with E-state index in [1.165, 1.54) is 0 Å². The zero-order chi connectivity index (χ0) is 22.4. The molecule has 1 aromatic carbocycles. The molecule has 0 saturated heterocycles. The molecule has 2 aromatic rings. The molecule has 0 spiro atoms. The van der Waals surface area contributed by atoms with Crippen molar-refractivity contribution in [2.45, 2.75) is 92.3 Å². The van der Waals surface area contributed by atoms with Crippen LogP contribution < -0.4 is 10.6 Å². The van der Waals surface area contributed by atoms with Crippen molar-refractivity contribution >= 4 is 22.7 Å². The molecule has 2 N–H and O–H groups in total. The fourth-order valence-corrected chi connectivity index (χ4v) is 3.47. The van der Waals surface area contributed by atoms with Crippen molar-refractivity contribution in [2.24, 2.45) is 0 Å². The molecule has 0 aliphatic heterocycles. The Bertz CT molecular complexity index is 938. The van der Waals surface area contributed by atoms with Gasteiger partial charge in [0.05, 0.1) is 5.41 Å². The third-order valence-electron chi connectivity index (χ3n) is 5.23. The molecule has 160 valence electrons. The third-order valence-corrected chi connectivity index (χ3v) is 5.23. The molecule has 5 nitrogen and oxygen atoms in total. The largest absolute Gasteiger partial charge is 0.351 e. The molecule has 5 heteroatoms. The van der Waals surface area contributed by atoms with E-state index < -0.39 is 5.41 Å². The van der Waals surface area contributed by atoms with Gasteiger partial charge in [0.25, 0.3) is 0 Å². The van der Waals surface area contributed by atoms with E-state index in [0.717, 1.165) is 27.7 Å². The Hall–Kier alpha value is -2.30. The lowest BCUT2D eigenvalue weighted by Crippen LogP contribution is -2.48. The third kappa shape index (κ3) is 5.20. The van der Waals surface area contributed by atoms with Gasteiger partial charge in [0.2, 0.25) is 11.8 Å². The minimum atomic E-state index is -0.659. The summed E-state index contributed by atoms with van der Waals surface area (Å²) >= 11 is 0. The molecule has 1 aromatic heterocycles. The lowest BCUT2D eigenvalue weighted by Gasteiger charge is -2.30. The maximum Gasteiger partial charge on any atom is 0.240 e. The molecule has 0 saturated carbocycles. The molecular weight excluding hydrogens is 362 g/mol. The second-order valence-electron chi connectivity index (χ2n) is 10.7. The Balaban J connectivity index is 2.44. The Labute approximate surface area is 175 Å². The van der Waals surface area contributed by atoms with Crippen LogP contribution in [0, 0.1) is 13.8 Å². The van der Waals surface area contributed by atoms with E-state index in [2.05, 4.69) is 28.2 Å². The van der Waals surface area contributed by atoms with Crippen LogP contribution in [-0.2, 0) is 21.5 Å². The van der Waals surface area contributed by atoms with E-state index in [9.17, 15) is 9.59 Å². The van der Waals surface area contributed by atoms with Gasteiger partial charge < -0.3 is 15.2 Å². The molecule has 0 fully saturated rings. The summed E-state index contributed by atoms with van der Waals surface area (Å²) in [5.74, 6) is -0.00539. The highest BCUT2D eigenvalue weighted by molar-refractivity contribution is 5.92. The fourth-order valence-electron chi connectivity index (χ4n) is 3.47. The van der Waals surface area contributed by atoms with E-state index in [0.29, 0.717) is 0 Å². The van der Waals surface area contributed by atoms with Gasteiger partial charge in [0, 0.05) is 27.7 Å². The van der Waals surface area contributed by atoms with Crippen molar-refractivity contribution in [1.82, 2.24) is 15.2 Å². The van der Waals surface area contributed by atoms with Gasteiger partial charge in [-0.15, -0.1) is 0 Å². The van der Waals surface area contributed by atoms with Crippen LogP contribution in [0.25, 0.3) is 10.9 Å². The second kappa shape index (κ2) is 7.51. The van der Waals surface area contributed by atoms with E-state index in [4.69, 9.17) is 0 Å². The van der Waals surface area contributed by atoms with Crippen molar-refractivity contribution < 1.29 is 9.59 Å². The van der Waals surface area contributed by atoms with Gasteiger partial charge >= 0.3 is 0 Å². The number of nitrogens with one attached hydrogen (secondary N) is 2. The lowest BCUT2D eigenvalue weighted by molar-refractivity contribution is -0.127. The minimum absolute atomic E-state index is 0.00251. The summed E-state index contributed by atoms with van der Waals surface area (Å²) in [6.45, 7) is 20.2. The van der Waals surface area contributed by atoms with Crippen LogP contribution in [0.4, 0.5) is 0 Å².